The van der Waals surface area contributed by atoms with Crippen LogP contribution in [0.1, 0.15) is 27.7 Å². The van der Waals surface area contributed by atoms with Gasteiger partial charge in [0.2, 0.25) is 0 Å². The zero-order valence-corrected chi connectivity index (χ0v) is 12.1. The second-order valence-corrected chi connectivity index (χ2v) is 5.69. The topological polar surface area (TPSA) is 119 Å². The molecule has 6 nitrogen and oxygen atoms in total. The van der Waals surface area contributed by atoms with Crippen LogP contribution in [0, 0.1) is 0 Å². The zero-order chi connectivity index (χ0) is 14.1. The van der Waals surface area contributed by atoms with Gasteiger partial charge in [0.1, 0.15) is 0 Å². The Bertz CT molecular complexity index is 237. The first-order chi connectivity index (χ1) is 8.26. The summed E-state index contributed by atoms with van der Waals surface area (Å²) in [6, 6.07) is -0.236. The van der Waals surface area contributed by atoms with Crippen molar-refractivity contribution < 1.29 is 0 Å². The first-order valence-corrected chi connectivity index (χ1v) is 6.78. The van der Waals surface area contributed by atoms with Crippen LogP contribution in [0.3, 0.4) is 0 Å². The van der Waals surface area contributed by atoms with Gasteiger partial charge >= 0.3 is 0 Å². The highest BCUT2D eigenvalue weighted by Crippen LogP contribution is 2.31. The van der Waals surface area contributed by atoms with Gasteiger partial charge in [-0.15, -0.1) is 0 Å². The van der Waals surface area contributed by atoms with Crippen molar-refractivity contribution in [2.45, 2.75) is 63.6 Å². The minimum absolute atomic E-state index is 0.0384. The van der Waals surface area contributed by atoms with Gasteiger partial charge in [-0.25, -0.2) is 0 Å². The third-order valence-corrected chi connectivity index (χ3v) is 4.19. The van der Waals surface area contributed by atoms with E-state index in [9.17, 15) is 0 Å². The molecular weight excluding hydrogens is 228 g/mol. The molecule has 18 heavy (non-hydrogen) atoms. The summed E-state index contributed by atoms with van der Waals surface area (Å²) in [6.07, 6.45) is -0.0923. The zero-order valence-electron chi connectivity index (χ0n) is 12.1. The van der Waals surface area contributed by atoms with Gasteiger partial charge in [-0.3, -0.25) is 4.90 Å². The van der Waals surface area contributed by atoms with E-state index in [4.69, 9.17) is 22.9 Å². The van der Waals surface area contributed by atoms with Gasteiger partial charge in [0.05, 0.1) is 11.7 Å². The van der Waals surface area contributed by atoms with E-state index in [-0.39, 0.29) is 30.3 Å². The van der Waals surface area contributed by atoms with Gasteiger partial charge < -0.3 is 28.3 Å². The number of nitrogens with two attached hydrogens (primary N) is 4. The van der Waals surface area contributed by atoms with E-state index in [2.05, 4.69) is 10.2 Å². The molecule has 1 rings (SSSR count). The number of hydrogen-bond acceptors (Lipinski definition) is 6. The van der Waals surface area contributed by atoms with Gasteiger partial charge in [-0.2, -0.15) is 0 Å². The summed E-state index contributed by atoms with van der Waals surface area (Å²) in [5.41, 5.74) is 24.4. The van der Waals surface area contributed by atoms with Crippen LogP contribution < -0.4 is 28.3 Å². The van der Waals surface area contributed by atoms with E-state index >= 15 is 0 Å². The molecule has 5 atom stereocenters. The molecule has 0 aromatic heterocycles. The van der Waals surface area contributed by atoms with E-state index in [1.165, 1.54) is 0 Å². The van der Waals surface area contributed by atoms with Crippen LogP contribution in [-0.2, 0) is 0 Å². The molecular formula is C12H30N6. The number of rotatable bonds is 4. The molecule has 1 heterocycles. The Morgan fingerprint density at radius 2 is 1.56 bits per heavy atom. The molecule has 1 aliphatic heterocycles. The average molecular weight is 258 g/mol. The Kier molecular flexibility index (Phi) is 5.11. The van der Waals surface area contributed by atoms with Crippen molar-refractivity contribution in [2.24, 2.45) is 22.9 Å². The lowest BCUT2D eigenvalue weighted by molar-refractivity contribution is -0.0422. The molecule has 0 spiro atoms. The summed E-state index contributed by atoms with van der Waals surface area (Å²) < 4.78 is 0. The monoisotopic (exact) mass is 258 g/mol. The van der Waals surface area contributed by atoms with Gasteiger partial charge in [-0.05, 0) is 27.7 Å². The first-order valence-electron chi connectivity index (χ1n) is 6.78. The van der Waals surface area contributed by atoms with E-state index in [0.29, 0.717) is 0 Å². The second kappa shape index (κ2) is 5.81. The molecule has 0 bridgehead atoms. The van der Waals surface area contributed by atoms with Gasteiger partial charge in [0.15, 0.2) is 0 Å². The normalized spacial score (nSPS) is 37.0. The molecule has 1 fully saturated rings. The molecule has 0 saturated carbocycles. The third kappa shape index (κ3) is 2.41. The molecule has 1 aliphatic rings. The highest BCUT2D eigenvalue weighted by Gasteiger charge is 2.53. The predicted octanol–water partition coefficient (Wildman–Crippen LogP) is -1.65. The van der Waals surface area contributed by atoms with Gasteiger partial charge in [-0.1, -0.05) is 0 Å². The quantitative estimate of drug-likeness (QED) is 0.412. The third-order valence-electron chi connectivity index (χ3n) is 4.19. The summed E-state index contributed by atoms with van der Waals surface area (Å²) in [5.74, 6) is 0. The van der Waals surface area contributed by atoms with Gasteiger partial charge in [0.25, 0.3) is 0 Å². The van der Waals surface area contributed by atoms with Crippen LogP contribution in [0.15, 0.2) is 0 Å². The summed E-state index contributed by atoms with van der Waals surface area (Å²) >= 11 is 0. The molecule has 5 unspecified atom stereocenters. The fraction of sp³-hybridized carbons (Fsp3) is 1.00. The summed E-state index contributed by atoms with van der Waals surface area (Å²) in [5, 5.41) is 3.47. The fourth-order valence-corrected chi connectivity index (χ4v) is 3.54. The van der Waals surface area contributed by atoms with Crippen molar-refractivity contribution >= 4 is 0 Å². The van der Waals surface area contributed by atoms with Crippen LogP contribution >= 0.6 is 0 Å². The predicted molar refractivity (Wildman–Crippen MR) is 75.8 cm³/mol. The van der Waals surface area contributed by atoms with Crippen molar-refractivity contribution in [1.29, 1.82) is 0 Å². The van der Waals surface area contributed by atoms with Crippen molar-refractivity contribution in [3.8, 4) is 0 Å². The molecule has 0 amide bonds. The van der Waals surface area contributed by atoms with Crippen LogP contribution in [-0.4, -0.2) is 53.9 Å². The fourth-order valence-electron chi connectivity index (χ4n) is 3.54. The standard InChI is InChI=1S/C12H30N6/c1-7(13)11-12(8(2)14,9(3)15)18(10(4)16)6-5-17-11/h7-11,17H,5-6,13-16H2,1-4H3. The van der Waals surface area contributed by atoms with Gasteiger partial charge in [0, 0.05) is 37.3 Å². The SMILES string of the molecule is CC(N)C1NCCN(C(C)N)C1(C(C)N)C(C)N. The maximum absolute atomic E-state index is 6.29. The van der Waals surface area contributed by atoms with E-state index < -0.39 is 5.54 Å². The highest BCUT2D eigenvalue weighted by atomic mass is 15.4. The van der Waals surface area contributed by atoms with Crippen molar-refractivity contribution in [3.05, 3.63) is 0 Å². The Morgan fingerprint density at radius 1 is 1.06 bits per heavy atom. The summed E-state index contributed by atoms with van der Waals surface area (Å²) in [4.78, 5) is 2.22. The van der Waals surface area contributed by atoms with E-state index in [1.807, 2.05) is 27.7 Å². The number of nitrogens with zero attached hydrogens (tertiary/aromatic N) is 1. The minimum Gasteiger partial charge on any atom is -0.326 e. The summed E-state index contributed by atoms with van der Waals surface area (Å²) in [6.45, 7) is 9.63. The maximum Gasteiger partial charge on any atom is 0.0688 e. The number of piperazine rings is 1. The highest BCUT2D eigenvalue weighted by molar-refractivity contribution is 5.15. The smallest absolute Gasteiger partial charge is 0.0688 e. The molecule has 0 aromatic carbocycles. The van der Waals surface area contributed by atoms with Crippen LogP contribution in [0.2, 0.25) is 0 Å². The average Bonchev–Trinajstić information content (AvgIpc) is 2.26. The van der Waals surface area contributed by atoms with E-state index in [1.54, 1.807) is 0 Å². The molecule has 1 saturated heterocycles. The lowest BCUT2D eigenvalue weighted by atomic mass is 9.72. The first kappa shape index (κ1) is 15.8. The van der Waals surface area contributed by atoms with Crippen molar-refractivity contribution in [3.63, 3.8) is 0 Å². The molecule has 0 radical (unpaired) electrons. The lowest BCUT2D eigenvalue weighted by Gasteiger charge is -2.59. The molecule has 108 valence electrons. The van der Waals surface area contributed by atoms with Crippen LogP contribution in [0.4, 0.5) is 0 Å². The number of hydrogen-bond donors (Lipinski definition) is 5. The molecule has 6 heteroatoms. The van der Waals surface area contributed by atoms with E-state index in [0.717, 1.165) is 13.1 Å². The minimum atomic E-state index is -0.416. The van der Waals surface area contributed by atoms with Crippen LogP contribution in [0.5, 0.6) is 0 Å². The summed E-state index contributed by atoms with van der Waals surface area (Å²) in [7, 11) is 0. The molecule has 9 N–H and O–H groups in total. The molecule has 0 aliphatic carbocycles. The Hall–Kier alpha value is -0.240. The molecule has 0 aromatic rings. The van der Waals surface area contributed by atoms with Crippen molar-refractivity contribution in [1.82, 2.24) is 10.2 Å². The second-order valence-electron chi connectivity index (χ2n) is 5.69. The lowest BCUT2D eigenvalue weighted by Crippen LogP contribution is -2.83. The van der Waals surface area contributed by atoms with Crippen LogP contribution in [0.25, 0.3) is 0 Å². The Labute approximate surface area is 110 Å². The van der Waals surface area contributed by atoms with Crippen molar-refractivity contribution in [2.75, 3.05) is 13.1 Å². The number of nitrogens with one attached hydrogen (secondary N) is 1. The maximum atomic E-state index is 6.29. The Morgan fingerprint density at radius 3 is 1.89 bits per heavy atom. The largest absolute Gasteiger partial charge is 0.326 e. The Balaban J connectivity index is 3.27.